The predicted octanol–water partition coefficient (Wildman–Crippen LogP) is 13.9. The molecule has 3 nitrogen and oxygen atoms in total. The monoisotopic (exact) mass is 593 g/mol. The smallest absolute Gasteiger partial charge is 0.101 e. The number of hydrogen-bond donors (Lipinski definition) is 2. The Bertz CT molecular complexity index is 497. The average Bonchev–Trinajstić information content (AvgIpc) is 3.02. The van der Waals surface area contributed by atoms with E-state index < -0.39 is 0 Å². The van der Waals surface area contributed by atoms with Gasteiger partial charge in [-0.2, -0.15) is 0 Å². The average molecular weight is 593 g/mol. The second-order valence-electron chi connectivity index (χ2n) is 10.8. The molecule has 0 saturated heterocycles. The van der Waals surface area contributed by atoms with Crippen LogP contribution in [-0.4, -0.2) is 20.2 Å². The molecule has 0 heterocycles. The highest BCUT2D eigenvalue weighted by molar-refractivity contribution is 6.05. The Morgan fingerprint density at radius 2 is 0.976 bits per heavy atom. The lowest BCUT2D eigenvalue weighted by atomic mass is 10.1. The molecule has 0 spiro atoms. The van der Waals surface area contributed by atoms with Crippen molar-refractivity contribution in [2.75, 3.05) is 6.61 Å². The second-order valence-corrected chi connectivity index (χ2v) is 10.8. The van der Waals surface area contributed by atoms with Crippen LogP contribution in [0.25, 0.3) is 0 Å². The summed E-state index contributed by atoms with van der Waals surface area (Å²) >= 11 is 0. The lowest BCUT2D eigenvalue weighted by Gasteiger charge is -2.11. The van der Waals surface area contributed by atoms with Gasteiger partial charge in [-0.25, -0.2) is 0 Å². The van der Waals surface area contributed by atoms with Crippen LogP contribution in [0.4, 0.5) is 0 Å². The number of hydroxylamine groups is 1. The van der Waals surface area contributed by atoms with Crippen molar-refractivity contribution in [3.63, 3.8) is 0 Å². The summed E-state index contributed by atoms with van der Waals surface area (Å²) in [5.41, 5.74) is 5.48. The zero-order chi connectivity index (χ0) is 33.1. The molecule has 2 N–H and O–H groups in total. The molecule has 0 aromatic heterocycles. The van der Waals surface area contributed by atoms with Crippen molar-refractivity contribution in [2.45, 2.75) is 210 Å². The van der Waals surface area contributed by atoms with Gasteiger partial charge in [0.25, 0.3) is 0 Å². The Morgan fingerprint density at radius 3 is 1.33 bits per heavy atom. The van der Waals surface area contributed by atoms with Crippen LogP contribution in [0.1, 0.15) is 204 Å². The molecule has 0 aromatic carbocycles. The third-order valence-corrected chi connectivity index (χ3v) is 6.66. The summed E-state index contributed by atoms with van der Waals surface area (Å²) in [6.45, 7) is 25.2. The topological polar surface area (TPSA) is 45.1 Å². The number of unbranched alkanes of at least 4 members (excludes halogenated alkanes) is 17. The first-order chi connectivity index (χ1) is 20.4. The molecular formula is C38H81BN2O. The van der Waals surface area contributed by atoms with Crippen molar-refractivity contribution in [1.29, 1.82) is 5.41 Å². The molecule has 0 aliphatic rings. The van der Waals surface area contributed by atoms with Crippen LogP contribution in [0, 0.1) is 5.41 Å². The first-order valence-electron chi connectivity index (χ1n) is 18.3. The molecule has 0 atom stereocenters. The first-order valence-corrected chi connectivity index (χ1v) is 18.3. The molecule has 0 amide bonds. The number of nitrogens with one attached hydrogen (secondary N) is 2. The zero-order valence-corrected chi connectivity index (χ0v) is 31.0. The van der Waals surface area contributed by atoms with E-state index in [1.54, 1.807) is 0 Å². The van der Waals surface area contributed by atoms with Crippen molar-refractivity contribution in [2.24, 2.45) is 0 Å². The maximum absolute atomic E-state index is 7.85. The lowest BCUT2D eigenvalue weighted by Crippen LogP contribution is -2.17. The number of hydrogen-bond acceptors (Lipinski definition) is 3. The Hall–Kier alpha value is -1.03. The molecule has 252 valence electrons. The highest BCUT2D eigenvalue weighted by Gasteiger charge is 2.02. The van der Waals surface area contributed by atoms with Gasteiger partial charge in [0, 0.05) is 11.4 Å². The van der Waals surface area contributed by atoms with Gasteiger partial charge in [0.2, 0.25) is 0 Å². The first kappa shape index (κ1) is 50.6. The summed E-state index contributed by atoms with van der Waals surface area (Å²) in [5.74, 6) is 0. The van der Waals surface area contributed by atoms with Crippen molar-refractivity contribution >= 4 is 13.6 Å². The molecule has 2 radical (unpaired) electrons. The predicted molar refractivity (Wildman–Crippen MR) is 198 cm³/mol. The van der Waals surface area contributed by atoms with Crippen molar-refractivity contribution in [3.05, 3.63) is 23.9 Å². The van der Waals surface area contributed by atoms with E-state index >= 15 is 0 Å². The van der Waals surface area contributed by atoms with Crippen molar-refractivity contribution in [1.82, 2.24) is 5.48 Å². The highest BCUT2D eigenvalue weighted by Crippen LogP contribution is 2.12. The van der Waals surface area contributed by atoms with Crippen molar-refractivity contribution < 1.29 is 4.84 Å². The summed E-state index contributed by atoms with van der Waals surface area (Å²) in [4.78, 5) is 5.55. The molecule has 0 rings (SSSR count). The van der Waals surface area contributed by atoms with E-state index in [4.69, 9.17) is 10.2 Å². The Balaban J connectivity index is -0.000000234. The van der Waals surface area contributed by atoms with E-state index in [-0.39, 0.29) is 0 Å². The van der Waals surface area contributed by atoms with E-state index in [0.717, 1.165) is 24.1 Å². The number of allylic oxidation sites excluding steroid dienone is 2. The minimum atomic E-state index is 0.443. The fourth-order valence-electron chi connectivity index (χ4n) is 3.76. The van der Waals surface area contributed by atoms with Gasteiger partial charge < -0.3 is 5.41 Å². The van der Waals surface area contributed by atoms with E-state index in [0.29, 0.717) is 12.3 Å². The summed E-state index contributed by atoms with van der Waals surface area (Å²) in [6, 6.07) is 0. The largest absolute Gasteiger partial charge is 0.305 e. The third kappa shape index (κ3) is 55.0. The van der Waals surface area contributed by atoms with Gasteiger partial charge in [-0.05, 0) is 38.2 Å². The van der Waals surface area contributed by atoms with Gasteiger partial charge in [-0.1, -0.05) is 190 Å². The summed E-state index contributed by atoms with van der Waals surface area (Å²) < 4.78 is 0. The van der Waals surface area contributed by atoms with Gasteiger partial charge in [-0.3, -0.25) is 10.3 Å². The van der Waals surface area contributed by atoms with Crippen LogP contribution in [0.5, 0.6) is 0 Å². The van der Waals surface area contributed by atoms with Crippen LogP contribution in [-0.2, 0) is 4.84 Å². The number of rotatable bonds is 25. The molecule has 42 heavy (non-hydrogen) atoms. The van der Waals surface area contributed by atoms with Crippen molar-refractivity contribution in [3.8, 4) is 0 Å². The van der Waals surface area contributed by atoms with Gasteiger partial charge in [0.1, 0.15) is 6.61 Å². The Labute approximate surface area is 269 Å². The standard InChI is InChI=1S/C23H44N2O.C8H18.C4H10.C2H6.CH3B/c1-5-7-9-11-12-13-14-15-16-18-21(3)25-26-20-23(22(4)24)19-17-10-8-6-2;1-3-5-7-8-6-4-2;1-3-4-2;2*1-2/h19,24-25H,3,5-18,20H2,1-2,4H3;3-8H2,1-2H3;3-4H2,1-2H3;1-2H3;1H3/b23-19+,24-22?;;;;. The maximum atomic E-state index is 7.85. The molecule has 0 bridgehead atoms. The molecule has 0 saturated carbocycles. The van der Waals surface area contributed by atoms with E-state index in [2.05, 4.69) is 67.5 Å². The van der Waals surface area contributed by atoms with Gasteiger partial charge >= 0.3 is 0 Å². The summed E-state index contributed by atoms with van der Waals surface area (Å²) in [7, 11) is 4.50. The minimum absolute atomic E-state index is 0.443. The molecule has 0 aliphatic heterocycles. The molecule has 0 aliphatic carbocycles. The molecule has 4 heteroatoms. The maximum Gasteiger partial charge on any atom is 0.101 e. The fourth-order valence-corrected chi connectivity index (χ4v) is 3.76. The quantitative estimate of drug-likeness (QED) is 0.0479. The van der Waals surface area contributed by atoms with Crippen LogP contribution in [0.3, 0.4) is 0 Å². The Morgan fingerprint density at radius 1 is 0.619 bits per heavy atom. The SMILES string of the molecule is C=C(CCCCCCCCCCC)NOC/C(=C\CCCCC)C(C)=N.CC.CCCC.CCCCCCCC.[B]C. The molecule has 0 unspecified atom stereocenters. The lowest BCUT2D eigenvalue weighted by molar-refractivity contribution is 0.0807. The van der Waals surface area contributed by atoms with Gasteiger partial charge in [0.15, 0.2) is 0 Å². The zero-order valence-electron chi connectivity index (χ0n) is 31.0. The Kier molecular flexibility index (Phi) is 63.4. The highest BCUT2D eigenvalue weighted by atomic mass is 16.6. The second kappa shape index (κ2) is 52.6. The molecule has 0 fully saturated rings. The van der Waals surface area contributed by atoms with Gasteiger partial charge in [-0.15, -0.1) is 0 Å². The summed E-state index contributed by atoms with van der Waals surface area (Å²) in [5, 5.41) is 7.85. The van der Waals surface area contributed by atoms with Gasteiger partial charge in [0.05, 0.1) is 7.85 Å². The van der Waals surface area contributed by atoms with Crippen LogP contribution in [0.15, 0.2) is 23.9 Å². The molecular weight excluding hydrogens is 511 g/mol. The van der Waals surface area contributed by atoms with E-state index in [9.17, 15) is 0 Å². The minimum Gasteiger partial charge on any atom is -0.305 e. The normalized spacial score (nSPS) is 10.0. The van der Waals surface area contributed by atoms with Crippen LogP contribution >= 0.6 is 0 Å². The summed E-state index contributed by atoms with van der Waals surface area (Å²) in [6.07, 6.45) is 31.0. The molecule has 0 aromatic rings. The van der Waals surface area contributed by atoms with Crippen LogP contribution in [0.2, 0.25) is 6.82 Å². The fraction of sp³-hybridized carbons (Fsp3) is 0.868. The van der Waals surface area contributed by atoms with E-state index in [1.807, 2.05) is 20.8 Å². The third-order valence-electron chi connectivity index (χ3n) is 6.66. The van der Waals surface area contributed by atoms with E-state index in [1.165, 1.54) is 135 Å². The van der Waals surface area contributed by atoms with Crippen LogP contribution < -0.4 is 5.48 Å².